The predicted molar refractivity (Wildman–Crippen MR) is 83.4 cm³/mol. The van der Waals surface area contributed by atoms with E-state index in [0.29, 0.717) is 10.9 Å². The van der Waals surface area contributed by atoms with Crippen LogP contribution in [0, 0.1) is 6.92 Å². The molecule has 0 unspecified atom stereocenters. The standard InChI is InChI=1S/C14H16N4OS/c1-3-15-14(20)19-12-6-4-5-11(8-12)18-13-7-10(2)16-9-17-13/h4-9H,3H2,1-2H3,(H,15,20)(H,16,17,18). The van der Waals surface area contributed by atoms with Crippen LogP contribution in [-0.2, 0) is 0 Å². The molecule has 20 heavy (non-hydrogen) atoms. The molecule has 0 radical (unpaired) electrons. The van der Waals surface area contributed by atoms with Gasteiger partial charge >= 0.3 is 0 Å². The number of ether oxygens (including phenoxy) is 1. The highest BCUT2D eigenvalue weighted by molar-refractivity contribution is 7.80. The first-order valence-corrected chi connectivity index (χ1v) is 6.69. The van der Waals surface area contributed by atoms with E-state index in [4.69, 9.17) is 17.0 Å². The van der Waals surface area contributed by atoms with Gasteiger partial charge in [-0.25, -0.2) is 9.97 Å². The molecule has 0 spiro atoms. The average molecular weight is 288 g/mol. The summed E-state index contributed by atoms with van der Waals surface area (Å²) >= 11 is 5.05. The van der Waals surface area contributed by atoms with Crippen molar-refractivity contribution < 1.29 is 4.74 Å². The van der Waals surface area contributed by atoms with Gasteiger partial charge in [0.05, 0.1) is 0 Å². The van der Waals surface area contributed by atoms with Crippen LogP contribution in [0.25, 0.3) is 0 Å². The highest BCUT2D eigenvalue weighted by Crippen LogP contribution is 2.20. The summed E-state index contributed by atoms with van der Waals surface area (Å²) in [7, 11) is 0. The van der Waals surface area contributed by atoms with Crippen LogP contribution in [0.15, 0.2) is 36.7 Å². The number of aryl methyl sites for hydroxylation is 1. The van der Waals surface area contributed by atoms with Crippen LogP contribution in [-0.4, -0.2) is 21.7 Å². The van der Waals surface area contributed by atoms with Gasteiger partial charge in [-0.3, -0.25) is 0 Å². The first kappa shape index (κ1) is 14.2. The SMILES string of the molecule is CCNC(=S)Oc1cccc(Nc2cc(C)ncn2)c1. The van der Waals surface area contributed by atoms with Crippen molar-refractivity contribution in [2.24, 2.45) is 0 Å². The Bertz CT molecular complexity index is 603. The first-order valence-electron chi connectivity index (χ1n) is 6.29. The van der Waals surface area contributed by atoms with Gasteiger partial charge in [-0.1, -0.05) is 6.07 Å². The normalized spacial score (nSPS) is 9.90. The summed E-state index contributed by atoms with van der Waals surface area (Å²) in [6, 6.07) is 9.40. The fraction of sp³-hybridized carbons (Fsp3) is 0.214. The minimum absolute atomic E-state index is 0.363. The molecule has 5 nitrogen and oxygen atoms in total. The minimum atomic E-state index is 0.363. The third kappa shape index (κ3) is 4.17. The molecule has 1 aromatic heterocycles. The molecule has 0 saturated carbocycles. The Labute approximate surface area is 123 Å². The van der Waals surface area contributed by atoms with Crippen molar-refractivity contribution in [2.75, 3.05) is 11.9 Å². The van der Waals surface area contributed by atoms with Crippen molar-refractivity contribution in [2.45, 2.75) is 13.8 Å². The van der Waals surface area contributed by atoms with Crippen molar-refractivity contribution in [1.29, 1.82) is 0 Å². The molecule has 2 aromatic rings. The van der Waals surface area contributed by atoms with E-state index >= 15 is 0 Å². The summed E-state index contributed by atoms with van der Waals surface area (Å²) in [6.07, 6.45) is 1.53. The summed E-state index contributed by atoms with van der Waals surface area (Å²) in [5.74, 6) is 1.41. The van der Waals surface area contributed by atoms with Crippen molar-refractivity contribution in [1.82, 2.24) is 15.3 Å². The topological polar surface area (TPSA) is 59.1 Å². The molecule has 0 fully saturated rings. The van der Waals surface area contributed by atoms with Gasteiger partial charge in [-0.2, -0.15) is 0 Å². The molecule has 0 bridgehead atoms. The molecule has 1 aromatic carbocycles. The van der Waals surface area contributed by atoms with Crippen molar-refractivity contribution in [3.63, 3.8) is 0 Å². The van der Waals surface area contributed by atoms with Gasteiger partial charge < -0.3 is 15.4 Å². The van der Waals surface area contributed by atoms with Gasteiger partial charge in [0.25, 0.3) is 5.17 Å². The van der Waals surface area contributed by atoms with Crippen LogP contribution in [0.2, 0.25) is 0 Å². The highest BCUT2D eigenvalue weighted by Gasteiger charge is 2.02. The Morgan fingerprint density at radius 2 is 2.15 bits per heavy atom. The summed E-state index contributed by atoms with van der Waals surface area (Å²) in [5, 5.41) is 6.50. The molecule has 6 heteroatoms. The maximum atomic E-state index is 5.50. The van der Waals surface area contributed by atoms with Crippen LogP contribution in [0.5, 0.6) is 5.75 Å². The highest BCUT2D eigenvalue weighted by atomic mass is 32.1. The zero-order valence-electron chi connectivity index (χ0n) is 11.4. The number of nitrogens with one attached hydrogen (secondary N) is 2. The Balaban J connectivity index is 2.08. The average Bonchev–Trinajstić information content (AvgIpc) is 2.39. The molecule has 0 aliphatic heterocycles. The molecule has 2 rings (SSSR count). The number of rotatable bonds is 4. The monoisotopic (exact) mass is 288 g/mol. The molecule has 104 valence electrons. The minimum Gasteiger partial charge on any atom is -0.432 e. The number of benzene rings is 1. The molecule has 0 amide bonds. The van der Waals surface area contributed by atoms with E-state index in [1.54, 1.807) is 0 Å². The maximum absolute atomic E-state index is 5.50. The lowest BCUT2D eigenvalue weighted by Crippen LogP contribution is -2.25. The van der Waals surface area contributed by atoms with Gasteiger partial charge in [0, 0.05) is 30.1 Å². The second-order valence-corrected chi connectivity index (χ2v) is 4.49. The van der Waals surface area contributed by atoms with Crippen LogP contribution >= 0.6 is 12.2 Å². The first-order chi connectivity index (χ1) is 9.67. The van der Waals surface area contributed by atoms with E-state index in [2.05, 4.69) is 20.6 Å². The van der Waals surface area contributed by atoms with E-state index in [-0.39, 0.29) is 0 Å². The van der Waals surface area contributed by atoms with Crippen molar-refractivity contribution in [3.8, 4) is 5.75 Å². The van der Waals surface area contributed by atoms with Crippen LogP contribution < -0.4 is 15.4 Å². The Morgan fingerprint density at radius 3 is 2.90 bits per heavy atom. The Hall–Kier alpha value is -2.21. The van der Waals surface area contributed by atoms with Crippen LogP contribution in [0.4, 0.5) is 11.5 Å². The Morgan fingerprint density at radius 1 is 1.30 bits per heavy atom. The molecule has 0 aliphatic carbocycles. The fourth-order valence-corrected chi connectivity index (χ4v) is 1.84. The van der Waals surface area contributed by atoms with Crippen LogP contribution in [0.1, 0.15) is 12.6 Å². The number of nitrogens with zero attached hydrogens (tertiary/aromatic N) is 2. The predicted octanol–water partition coefficient (Wildman–Crippen LogP) is 2.80. The van der Waals surface area contributed by atoms with Crippen molar-refractivity contribution >= 4 is 28.9 Å². The van der Waals surface area contributed by atoms with E-state index in [9.17, 15) is 0 Å². The molecule has 2 N–H and O–H groups in total. The molecule has 0 aliphatic rings. The van der Waals surface area contributed by atoms with Crippen molar-refractivity contribution in [3.05, 3.63) is 42.4 Å². The number of anilines is 2. The summed E-state index contributed by atoms with van der Waals surface area (Å²) in [5.41, 5.74) is 1.78. The van der Waals surface area contributed by atoms with Crippen LogP contribution in [0.3, 0.4) is 0 Å². The van der Waals surface area contributed by atoms with E-state index < -0.39 is 0 Å². The zero-order valence-corrected chi connectivity index (χ0v) is 12.2. The van der Waals surface area contributed by atoms with E-state index in [1.807, 2.05) is 44.2 Å². The number of thiocarbonyl (C=S) groups is 1. The van der Waals surface area contributed by atoms with E-state index in [0.717, 1.165) is 23.7 Å². The molecule has 0 atom stereocenters. The van der Waals surface area contributed by atoms with Gasteiger partial charge in [-0.05, 0) is 38.2 Å². The molecule has 0 saturated heterocycles. The second-order valence-electron chi connectivity index (χ2n) is 4.12. The number of hydrogen-bond donors (Lipinski definition) is 2. The van der Waals surface area contributed by atoms with Gasteiger partial charge in [0.1, 0.15) is 17.9 Å². The second kappa shape index (κ2) is 6.81. The Kier molecular flexibility index (Phi) is 4.84. The quantitative estimate of drug-likeness (QED) is 0.844. The lowest BCUT2D eigenvalue weighted by atomic mass is 10.3. The lowest BCUT2D eigenvalue weighted by molar-refractivity contribution is 0.535. The molecule has 1 heterocycles. The fourth-order valence-electron chi connectivity index (χ4n) is 1.60. The largest absolute Gasteiger partial charge is 0.432 e. The molecular formula is C14H16N4OS. The number of hydrogen-bond acceptors (Lipinski definition) is 5. The van der Waals surface area contributed by atoms with Gasteiger partial charge in [0.2, 0.25) is 0 Å². The summed E-state index contributed by atoms with van der Waals surface area (Å²) in [6.45, 7) is 4.61. The maximum Gasteiger partial charge on any atom is 0.262 e. The van der Waals surface area contributed by atoms with Gasteiger partial charge in [-0.15, -0.1) is 0 Å². The zero-order chi connectivity index (χ0) is 14.4. The van der Waals surface area contributed by atoms with Gasteiger partial charge in [0.15, 0.2) is 0 Å². The summed E-state index contributed by atoms with van der Waals surface area (Å²) < 4.78 is 5.50. The lowest BCUT2D eigenvalue weighted by Gasteiger charge is -2.10. The number of aromatic nitrogens is 2. The van der Waals surface area contributed by atoms with E-state index in [1.165, 1.54) is 6.33 Å². The third-order valence-corrected chi connectivity index (χ3v) is 2.67. The summed E-state index contributed by atoms with van der Waals surface area (Å²) in [4.78, 5) is 8.21. The smallest absolute Gasteiger partial charge is 0.262 e. The third-order valence-electron chi connectivity index (χ3n) is 2.44. The molecular weight excluding hydrogens is 272 g/mol.